The molecule has 0 amide bonds. The van der Waals surface area contributed by atoms with Crippen LogP contribution in [0.5, 0.6) is 0 Å². The maximum absolute atomic E-state index is 6.01. The fourth-order valence-electron chi connectivity index (χ4n) is 3.35. The molecule has 21 heavy (non-hydrogen) atoms. The minimum absolute atomic E-state index is 0.287. The van der Waals surface area contributed by atoms with Crippen LogP contribution in [0.15, 0.2) is 28.7 Å². The summed E-state index contributed by atoms with van der Waals surface area (Å²) in [5.41, 5.74) is 3.88. The van der Waals surface area contributed by atoms with E-state index < -0.39 is 0 Å². The zero-order chi connectivity index (χ0) is 14.2. The van der Waals surface area contributed by atoms with Gasteiger partial charge < -0.3 is 9.15 Å². The highest BCUT2D eigenvalue weighted by atomic mass is 16.5. The first kappa shape index (κ1) is 13.0. The highest BCUT2D eigenvalue weighted by Gasteiger charge is 2.26. The first-order valence-electron chi connectivity index (χ1n) is 7.64. The van der Waals surface area contributed by atoms with E-state index in [2.05, 4.69) is 34.1 Å². The smallest absolute Gasteiger partial charge is 0.191 e. The topological polar surface area (TPSA) is 38.5 Å². The Morgan fingerprint density at radius 1 is 1.29 bits per heavy atom. The second-order valence-corrected chi connectivity index (χ2v) is 5.99. The molecule has 0 unspecified atom stereocenters. The molecule has 1 aromatic carbocycles. The molecule has 4 heteroatoms. The summed E-state index contributed by atoms with van der Waals surface area (Å²) in [6.07, 6.45) is 2.26. The van der Waals surface area contributed by atoms with Gasteiger partial charge in [0.05, 0.1) is 18.4 Å². The van der Waals surface area contributed by atoms with Crippen LogP contribution in [0.3, 0.4) is 0 Å². The summed E-state index contributed by atoms with van der Waals surface area (Å²) in [7, 11) is 0. The van der Waals surface area contributed by atoms with Crippen LogP contribution in [0.25, 0.3) is 0 Å². The standard InChI is InChI=1S/C17H20N2O2/c1-12-18-16-10-19(7-6-17(16)21-12)9-15-8-13-4-2-3-5-14(13)11-20-15/h2-5,15H,6-11H2,1H3/t15-/m1/s1. The molecule has 0 aliphatic carbocycles. The van der Waals surface area contributed by atoms with Gasteiger partial charge in [-0.05, 0) is 11.1 Å². The predicted molar refractivity (Wildman–Crippen MR) is 78.9 cm³/mol. The Balaban J connectivity index is 1.42. The number of nitrogens with zero attached hydrogens (tertiary/aromatic N) is 2. The molecule has 4 rings (SSSR count). The number of oxazole rings is 1. The Morgan fingerprint density at radius 2 is 2.14 bits per heavy atom. The number of benzene rings is 1. The van der Waals surface area contributed by atoms with Gasteiger partial charge >= 0.3 is 0 Å². The number of rotatable bonds is 2. The number of ether oxygens (including phenoxy) is 1. The SMILES string of the molecule is Cc1nc2c(o1)CCN(C[C@H]1Cc3ccccc3CO1)C2. The average Bonchev–Trinajstić information content (AvgIpc) is 2.86. The third kappa shape index (κ3) is 2.61. The molecule has 0 saturated heterocycles. The largest absolute Gasteiger partial charge is 0.446 e. The van der Waals surface area contributed by atoms with Crippen LogP contribution >= 0.6 is 0 Å². The lowest BCUT2D eigenvalue weighted by molar-refractivity contribution is 0.00167. The van der Waals surface area contributed by atoms with E-state index in [0.717, 1.165) is 56.4 Å². The molecule has 3 heterocycles. The van der Waals surface area contributed by atoms with Gasteiger partial charge in [-0.3, -0.25) is 4.90 Å². The molecule has 2 aliphatic heterocycles. The zero-order valence-corrected chi connectivity index (χ0v) is 12.3. The summed E-state index contributed by atoms with van der Waals surface area (Å²) in [6, 6.07) is 8.59. The maximum Gasteiger partial charge on any atom is 0.191 e. The fraction of sp³-hybridized carbons (Fsp3) is 0.471. The minimum atomic E-state index is 0.287. The molecule has 4 nitrogen and oxygen atoms in total. The molecule has 0 saturated carbocycles. The molecule has 110 valence electrons. The van der Waals surface area contributed by atoms with Gasteiger partial charge in [0.2, 0.25) is 0 Å². The third-order valence-electron chi connectivity index (χ3n) is 4.42. The molecule has 0 fully saturated rings. The van der Waals surface area contributed by atoms with Crippen molar-refractivity contribution >= 4 is 0 Å². The van der Waals surface area contributed by atoms with Gasteiger partial charge in [0.1, 0.15) is 5.76 Å². The lowest BCUT2D eigenvalue weighted by atomic mass is 9.98. The van der Waals surface area contributed by atoms with Crippen molar-refractivity contribution < 1.29 is 9.15 Å². The molecule has 1 atom stereocenters. The van der Waals surface area contributed by atoms with E-state index >= 15 is 0 Å². The number of aryl methyl sites for hydroxylation is 1. The van der Waals surface area contributed by atoms with Crippen LogP contribution < -0.4 is 0 Å². The molecule has 2 aliphatic rings. The van der Waals surface area contributed by atoms with Gasteiger partial charge in [0.25, 0.3) is 0 Å². The molecule has 0 N–H and O–H groups in total. The van der Waals surface area contributed by atoms with Crippen LogP contribution in [0, 0.1) is 6.92 Å². The Morgan fingerprint density at radius 3 is 3.05 bits per heavy atom. The van der Waals surface area contributed by atoms with Gasteiger partial charge in [-0.15, -0.1) is 0 Å². The van der Waals surface area contributed by atoms with E-state index in [1.54, 1.807) is 0 Å². The van der Waals surface area contributed by atoms with Crippen LogP contribution in [0.4, 0.5) is 0 Å². The van der Waals surface area contributed by atoms with Crippen molar-refractivity contribution in [3.8, 4) is 0 Å². The van der Waals surface area contributed by atoms with Crippen molar-refractivity contribution in [2.24, 2.45) is 0 Å². The van der Waals surface area contributed by atoms with E-state index in [0.29, 0.717) is 0 Å². The zero-order valence-electron chi connectivity index (χ0n) is 12.3. The fourth-order valence-corrected chi connectivity index (χ4v) is 3.35. The number of fused-ring (bicyclic) bond motifs is 2. The predicted octanol–water partition coefficient (Wildman–Crippen LogP) is 2.48. The lowest BCUT2D eigenvalue weighted by Crippen LogP contribution is -2.39. The molecule has 0 bridgehead atoms. The molecule has 1 aromatic heterocycles. The van der Waals surface area contributed by atoms with E-state index in [1.807, 2.05) is 6.92 Å². The Bertz CT molecular complexity index is 650. The van der Waals surface area contributed by atoms with E-state index in [4.69, 9.17) is 9.15 Å². The van der Waals surface area contributed by atoms with Crippen LogP contribution in [0.1, 0.15) is 28.5 Å². The van der Waals surface area contributed by atoms with Crippen molar-refractivity contribution in [2.75, 3.05) is 13.1 Å². The molecule has 0 spiro atoms. The van der Waals surface area contributed by atoms with Crippen LogP contribution in [-0.2, 0) is 30.7 Å². The number of hydrogen-bond donors (Lipinski definition) is 0. The number of hydrogen-bond acceptors (Lipinski definition) is 4. The number of aromatic nitrogens is 1. The van der Waals surface area contributed by atoms with Gasteiger partial charge in [-0.2, -0.15) is 0 Å². The molecular formula is C17H20N2O2. The summed E-state index contributed by atoms with van der Waals surface area (Å²) in [5, 5.41) is 0. The third-order valence-corrected chi connectivity index (χ3v) is 4.42. The summed E-state index contributed by atoms with van der Waals surface area (Å²) < 4.78 is 11.6. The quantitative estimate of drug-likeness (QED) is 0.849. The first-order valence-corrected chi connectivity index (χ1v) is 7.64. The van der Waals surface area contributed by atoms with Crippen LogP contribution in [0.2, 0.25) is 0 Å². The molecule has 0 radical (unpaired) electrons. The van der Waals surface area contributed by atoms with Crippen LogP contribution in [-0.4, -0.2) is 29.1 Å². The van der Waals surface area contributed by atoms with Crippen molar-refractivity contribution in [1.29, 1.82) is 0 Å². The normalized spacial score (nSPS) is 21.9. The van der Waals surface area contributed by atoms with E-state index in [1.165, 1.54) is 11.1 Å². The van der Waals surface area contributed by atoms with E-state index in [9.17, 15) is 0 Å². The highest BCUT2D eigenvalue weighted by molar-refractivity contribution is 5.28. The Hall–Kier alpha value is -1.65. The lowest BCUT2D eigenvalue weighted by Gasteiger charge is -2.32. The summed E-state index contributed by atoms with van der Waals surface area (Å²) in [4.78, 5) is 6.91. The van der Waals surface area contributed by atoms with Crippen molar-refractivity contribution in [2.45, 2.75) is 39.0 Å². The van der Waals surface area contributed by atoms with Crippen molar-refractivity contribution in [3.05, 3.63) is 52.7 Å². The highest BCUT2D eigenvalue weighted by Crippen LogP contribution is 2.24. The second-order valence-electron chi connectivity index (χ2n) is 5.99. The summed E-state index contributed by atoms with van der Waals surface area (Å²) in [5.74, 6) is 1.85. The Kier molecular flexibility index (Phi) is 3.28. The van der Waals surface area contributed by atoms with E-state index in [-0.39, 0.29) is 6.10 Å². The van der Waals surface area contributed by atoms with Gasteiger partial charge in [0, 0.05) is 39.4 Å². The van der Waals surface area contributed by atoms with Crippen molar-refractivity contribution in [3.63, 3.8) is 0 Å². The second kappa shape index (κ2) is 5.28. The maximum atomic E-state index is 6.01. The van der Waals surface area contributed by atoms with Crippen molar-refractivity contribution in [1.82, 2.24) is 9.88 Å². The first-order chi connectivity index (χ1) is 10.3. The summed E-state index contributed by atoms with van der Waals surface area (Å²) >= 11 is 0. The average molecular weight is 284 g/mol. The van der Waals surface area contributed by atoms with Gasteiger partial charge in [-0.25, -0.2) is 4.98 Å². The Labute approximate surface area is 124 Å². The summed E-state index contributed by atoms with van der Waals surface area (Å²) in [6.45, 7) is 5.55. The van der Waals surface area contributed by atoms with Gasteiger partial charge in [-0.1, -0.05) is 24.3 Å². The minimum Gasteiger partial charge on any atom is -0.446 e. The molecule has 2 aromatic rings. The van der Waals surface area contributed by atoms with Gasteiger partial charge in [0.15, 0.2) is 5.89 Å². The monoisotopic (exact) mass is 284 g/mol. The molecular weight excluding hydrogens is 264 g/mol.